The fourth-order valence-electron chi connectivity index (χ4n) is 4.31. The fraction of sp³-hybridized carbons (Fsp3) is 0.381. The van der Waals surface area contributed by atoms with Crippen molar-refractivity contribution in [3.63, 3.8) is 0 Å². The van der Waals surface area contributed by atoms with E-state index in [1.807, 2.05) is 6.92 Å². The fourth-order valence-corrected chi connectivity index (χ4v) is 4.31. The van der Waals surface area contributed by atoms with E-state index in [0.717, 1.165) is 25.0 Å². The molecular weight excluding hydrogens is 312 g/mol. The molecule has 2 N–H and O–H groups in total. The molecule has 2 bridgehead atoms. The molecule has 2 unspecified atom stereocenters. The van der Waals surface area contributed by atoms with Crippen LogP contribution in [0.1, 0.15) is 31.7 Å². The van der Waals surface area contributed by atoms with Crippen LogP contribution >= 0.6 is 0 Å². The molecule has 4 nitrogen and oxygen atoms in total. The summed E-state index contributed by atoms with van der Waals surface area (Å²) in [6.07, 6.45) is 4.07. The van der Waals surface area contributed by atoms with Gasteiger partial charge >= 0.3 is 0 Å². The molecule has 2 aliphatic rings. The number of aliphatic hydroxyl groups is 1. The first-order valence-corrected chi connectivity index (χ1v) is 8.93. The second-order valence-corrected chi connectivity index (χ2v) is 6.97. The first-order chi connectivity index (χ1) is 12.2. The predicted octanol–water partition coefficient (Wildman–Crippen LogP) is 3.50. The van der Waals surface area contributed by atoms with E-state index >= 15 is 0 Å². The predicted molar refractivity (Wildman–Crippen MR) is 102 cm³/mol. The van der Waals surface area contributed by atoms with Gasteiger partial charge in [0.05, 0.1) is 11.8 Å². The van der Waals surface area contributed by atoms with Gasteiger partial charge in [-0.05, 0) is 47.2 Å². The highest BCUT2D eigenvalue weighted by atomic mass is 16.6. The minimum absolute atomic E-state index is 0.259. The third kappa shape index (κ3) is 2.66. The SMILES string of the molecule is CCC(=NOC)[C@]12C=C(c3ccc4ccccc4c3)CC(CC1O)N2. The van der Waals surface area contributed by atoms with Crippen LogP contribution in [-0.4, -0.2) is 35.6 Å². The maximum Gasteiger partial charge on any atom is 0.106 e. The molecule has 2 aromatic carbocycles. The third-order valence-electron chi connectivity index (χ3n) is 5.48. The Morgan fingerprint density at radius 3 is 2.84 bits per heavy atom. The summed E-state index contributed by atoms with van der Waals surface area (Å²) in [6.45, 7) is 2.05. The maximum absolute atomic E-state index is 10.8. The van der Waals surface area contributed by atoms with Crippen molar-refractivity contribution in [2.24, 2.45) is 5.16 Å². The van der Waals surface area contributed by atoms with Gasteiger partial charge in [-0.1, -0.05) is 54.6 Å². The number of benzene rings is 2. The van der Waals surface area contributed by atoms with Crippen LogP contribution in [0.15, 0.2) is 53.7 Å². The lowest BCUT2D eigenvalue weighted by atomic mass is 9.83. The number of nitrogens with one attached hydrogen (secondary N) is 1. The third-order valence-corrected chi connectivity index (χ3v) is 5.48. The number of hydrogen-bond acceptors (Lipinski definition) is 4. The Hall–Kier alpha value is -2.17. The summed E-state index contributed by atoms with van der Waals surface area (Å²) in [5, 5.41) is 21.1. The van der Waals surface area contributed by atoms with Crippen LogP contribution in [0.2, 0.25) is 0 Å². The Kier molecular flexibility index (Phi) is 4.10. The summed E-state index contributed by atoms with van der Waals surface area (Å²) in [7, 11) is 1.56. The van der Waals surface area contributed by atoms with E-state index in [4.69, 9.17) is 4.84 Å². The van der Waals surface area contributed by atoms with Crippen LogP contribution in [0.25, 0.3) is 16.3 Å². The second-order valence-electron chi connectivity index (χ2n) is 6.97. The molecule has 0 saturated carbocycles. The summed E-state index contributed by atoms with van der Waals surface area (Å²) in [6, 6.07) is 15.3. The first kappa shape index (κ1) is 16.3. The molecular formula is C21H24N2O2. The lowest BCUT2D eigenvalue weighted by Gasteiger charge is -2.35. The number of nitrogens with zero attached hydrogens (tertiary/aromatic N) is 1. The van der Waals surface area contributed by atoms with Crippen LogP contribution in [0, 0.1) is 0 Å². The van der Waals surface area contributed by atoms with Gasteiger partial charge in [0.1, 0.15) is 12.6 Å². The van der Waals surface area contributed by atoms with Gasteiger partial charge in [0.2, 0.25) is 0 Å². The summed E-state index contributed by atoms with van der Waals surface area (Å²) in [5.41, 5.74) is 2.72. The molecule has 2 aromatic rings. The lowest BCUT2D eigenvalue weighted by Crippen LogP contribution is -2.55. The molecule has 2 aliphatic heterocycles. The summed E-state index contributed by atoms with van der Waals surface area (Å²) in [5.74, 6) is 0. The average molecular weight is 336 g/mol. The Bertz CT molecular complexity index is 858. The number of fused-ring (bicyclic) bond motifs is 3. The van der Waals surface area contributed by atoms with E-state index in [2.05, 4.69) is 59.0 Å². The van der Waals surface area contributed by atoms with E-state index < -0.39 is 11.6 Å². The Morgan fingerprint density at radius 1 is 1.28 bits per heavy atom. The number of rotatable bonds is 4. The zero-order valence-corrected chi connectivity index (χ0v) is 14.7. The van der Waals surface area contributed by atoms with Crippen molar-refractivity contribution in [2.45, 2.75) is 43.9 Å². The Balaban J connectivity index is 1.81. The highest BCUT2D eigenvalue weighted by Crippen LogP contribution is 2.40. The summed E-state index contributed by atoms with van der Waals surface area (Å²) >= 11 is 0. The van der Waals surface area contributed by atoms with Gasteiger partial charge in [0, 0.05) is 6.04 Å². The molecule has 0 spiro atoms. The average Bonchev–Trinajstić information content (AvgIpc) is 2.87. The highest BCUT2D eigenvalue weighted by Gasteiger charge is 2.51. The van der Waals surface area contributed by atoms with Gasteiger partial charge in [-0.15, -0.1) is 0 Å². The second kappa shape index (κ2) is 6.28. The normalized spacial score (nSPS) is 28.9. The summed E-state index contributed by atoms with van der Waals surface area (Å²) in [4.78, 5) is 5.05. The molecule has 130 valence electrons. The quantitative estimate of drug-likeness (QED) is 0.664. The lowest BCUT2D eigenvalue weighted by molar-refractivity contribution is 0.148. The standard InChI is InChI=1S/C21H24N2O2/c1-3-19(23-25-2)21-13-17(11-18(22-21)12-20(21)24)16-9-8-14-6-4-5-7-15(14)10-16/h4-10,13,18,20,22,24H,3,11-12H2,1-2H3/t18?,20?,21-/m1/s1. The van der Waals surface area contributed by atoms with E-state index in [9.17, 15) is 5.11 Å². The molecule has 4 heteroatoms. The van der Waals surface area contributed by atoms with E-state index in [0.29, 0.717) is 0 Å². The number of hydrogen-bond donors (Lipinski definition) is 2. The molecule has 25 heavy (non-hydrogen) atoms. The van der Waals surface area contributed by atoms with Crippen LogP contribution in [0.3, 0.4) is 0 Å². The molecule has 0 amide bonds. The molecule has 0 aromatic heterocycles. The molecule has 2 heterocycles. The van der Waals surface area contributed by atoms with Crippen LogP contribution in [0.4, 0.5) is 0 Å². The van der Waals surface area contributed by atoms with Crippen molar-refractivity contribution in [2.75, 3.05) is 7.11 Å². The van der Waals surface area contributed by atoms with Gasteiger partial charge < -0.3 is 9.94 Å². The Labute approximate surface area is 148 Å². The number of aliphatic hydroxyl groups excluding tert-OH is 1. The molecule has 0 aliphatic carbocycles. The highest BCUT2D eigenvalue weighted by molar-refractivity contribution is 5.99. The van der Waals surface area contributed by atoms with Gasteiger partial charge in [0.25, 0.3) is 0 Å². The van der Waals surface area contributed by atoms with Crippen LogP contribution < -0.4 is 5.32 Å². The topological polar surface area (TPSA) is 53.9 Å². The molecule has 3 atom stereocenters. The monoisotopic (exact) mass is 336 g/mol. The molecule has 1 saturated heterocycles. The van der Waals surface area contributed by atoms with Crippen molar-refractivity contribution < 1.29 is 9.94 Å². The van der Waals surface area contributed by atoms with Crippen LogP contribution in [0.5, 0.6) is 0 Å². The summed E-state index contributed by atoms with van der Waals surface area (Å²) < 4.78 is 0. The van der Waals surface area contributed by atoms with Crippen molar-refractivity contribution in [3.8, 4) is 0 Å². The van der Waals surface area contributed by atoms with Crippen molar-refractivity contribution >= 4 is 22.1 Å². The van der Waals surface area contributed by atoms with Crippen molar-refractivity contribution in [3.05, 3.63) is 54.1 Å². The number of oxime groups is 1. The maximum atomic E-state index is 10.8. The Morgan fingerprint density at radius 2 is 2.08 bits per heavy atom. The van der Waals surface area contributed by atoms with Crippen molar-refractivity contribution in [1.29, 1.82) is 0 Å². The van der Waals surface area contributed by atoms with Crippen LogP contribution in [-0.2, 0) is 4.84 Å². The van der Waals surface area contributed by atoms with Gasteiger partial charge in [-0.3, -0.25) is 5.32 Å². The first-order valence-electron chi connectivity index (χ1n) is 8.93. The zero-order valence-electron chi connectivity index (χ0n) is 14.7. The minimum atomic E-state index is -0.616. The van der Waals surface area contributed by atoms with E-state index in [1.165, 1.54) is 21.9 Å². The largest absolute Gasteiger partial charge is 0.399 e. The van der Waals surface area contributed by atoms with Gasteiger partial charge in [-0.25, -0.2) is 0 Å². The van der Waals surface area contributed by atoms with E-state index in [1.54, 1.807) is 7.11 Å². The minimum Gasteiger partial charge on any atom is -0.399 e. The molecule has 1 fully saturated rings. The zero-order chi connectivity index (χ0) is 17.4. The smallest absolute Gasteiger partial charge is 0.106 e. The van der Waals surface area contributed by atoms with Gasteiger partial charge in [-0.2, -0.15) is 0 Å². The molecule has 0 radical (unpaired) electrons. The van der Waals surface area contributed by atoms with Gasteiger partial charge in [0.15, 0.2) is 0 Å². The van der Waals surface area contributed by atoms with Crippen molar-refractivity contribution in [1.82, 2.24) is 5.32 Å². The van der Waals surface area contributed by atoms with E-state index in [-0.39, 0.29) is 6.04 Å². The molecule has 4 rings (SSSR count).